The molecule has 1 saturated heterocycles. The number of nitrogens with two attached hydrogens (primary N) is 1. The molecule has 5 heteroatoms. The summed E-state index contributed by atoms with van der Waals surface area (Å²) in [5.74, 6) is 0.514. The number of benzene rings is 1. The molecule has 1 amide bonds. The van der Waals surface area contributed by atoms with Gasteiger partial charge in [0.15, 0.2) is 0 Å². The number of methoxy groups -OCH3 is 1. The predicted octanol–water partition coefficient (Wildman–Crippen LogP) is 1.47. The van der Waals surface area contributed by atoms with Crippen LogP contribution in [0.4, 0.5) is 0 Å². The summed E-state index contributed by atoms with van der Waals surface area (Å²) in [7, 11) is 1.70. The van der Waals surface area contributed by atoms with Crippen LogP contribution in [-0.2, 0) is 16.0 Å². The monoisotopic (exact) mass is 298 g/mol. The molecule has 1 aliphatic rings. The summed E-state index contributed by atoms with van der Waals surface area (Å²) in [5.41, 5.74) is 7.13. The van der Waals surface area contributed by atoms with Crippen LogP contribution in [0.25, 0.3) is 0 Å². The second kappa shape index (κ2) is 8.25. The van der Waals surface area contributed by atoms with Gasteiger partial charge in [-0.05, 0) is 18.4 Å². The molecule has 0 aliphatic carbocycles. The van der Waals surface area contributed by atoms with Crippen molar-refractivity contribution in [2.24, 2.45) is 11.7 Å². The summed E-state index contributed by atoms with van der Waals surface area (Å²) >= 11 is 0. The highest BCUT2D eigenvalue weighted by Crippen LogP contribution is 2.17. The van der Waals surface area contributed by atoms with Crippen LogP contribution in [0.3, 0.4) is 0 Å². The molecule has 0 aromatic heterocycles. The van der Waals surface area contributed by atoms with Gasteiger partial charge in [0.1, 0.15) is 0 Å². The third kappa shape index (κ3) is 4.47. The Kier molecular flexibility index (Phi) is 6.99. The molecule has 1 aliphatic heterocycles. The van der Waals surface area contributed by atoms with Gasteiger partial charge < -0.3 is 15.4 Å². The third-order valence-corrected chi connectivity index (χ3v) is 3.62. The molecular weight excluding hydrogens is 276 g/mol. The van der Waals surface area contributed by atoms with Gasteiger partial charge in [0.05, 0.1) is 12.6 Å². The zero-order chi connectivity index (χ0) is 13.7. The summed E-state index contributed by atoms with van der Waals surface area (Å²) in [6.07, 6.45) is 1.61. The Balaban J connectivity index is 0.00000200. The summed E-state index contributed by atoms with van der Waals surface area (Å²) in [6, 6.07) is 9.47. The Morgan fingerprint density at radius 2 is 2.15 bits per heavy atom. The maximum atomic E-state index is 12.3. The van der Waals surface area contributed by atoms with Gasteiger partial charge in [0, 0.05) is 26.1 Å². The lowest BCUT2D eigenvalue weighted by molar-refractivity contribution is -0.131. The van der Waals surface area contributed by atoms with E-state index in [1.54, 1.807) is 7.11 Å². The molecule has 1 unspecified atom stereocenters. The first kappa shape index (κ1) is 17.0. The SMILES string of the molecule is COCC1CCN(C(=O)[C@@H](N)Cc2ccccc2)C1.Cl. The van der Waals surface area contributed by atoms with E-state index in [4.69, 9.17) is 10.5 Å². The predicted molar refractivity (Wildman–Crippen MR) is 81.9 cm³/mol. The molecule has 2 atom stereocenters. The normalized spacial score (nSPS) is 19.5. The van der Waals surface area contributed by atoms with Crippen molar-refractivity contribution in [2.45, 2.75) is 18.9 Å². The molecule has 1 aromatic carbocycles. The second-order valence-electron chi connectivity index (χ2n) is 5.19. The van der Waals surface area contributed by atoms with Gasteiger partial charge in [-0.3, -0.25) is 4.79 Å². The standard InChI is InChI=1S/C15H22N2O2.ClH/c1-19-11-13-7-8-17(10-13)15(18)14(16)9-12-5-3-2-4-6-12;/h2-6,13-14H,7-11,16H2,1H3;1H/t13?,14-;/m0./s1. The van der Waals surface area contributed by atoms with Crippen LogP contribution in [0.5, 0.6) is 0 Å². The highest BCUT2D eigenvalue weighted by atomic mass is 35.5. The number of ether oxygens (including phenoxy) is 1. The zero-order valence-corrected chi connectivity index (χ0v) is 12.6. The molecule has 1 heterocycles. The zero-order valence-electron chi connectivity index (χ0n) is 11.8. The van der Waals surface area contributed by atoms with E-state index in [0.717, 1.165) is 31.7 Å². The van der Waals surface area contributed by atoms with Gasteiger partial charge in [-0.15, -0.1) is 12.4 Å². The second-order valence-corrected chi connectivity index (χ2v) is 5.19. The lowest BCUT2D eigenvalue weighted by Crippen LogP contribution is -2.44. The van der Waals surface area contributed by atoms with E-state index in [1.807, 2.05) is 35.2 Å². The van der Waals surface area contributed by atoms with Crippen molar-refractivity contribution in [3.63, 3.8) is 0 Å². The molecule has 2 rings (SSSR count). The van der Waals surface area contributed by atoms with E-state index in [-0.39, 0.29) is 18.3 Å². The van der Waals surface area contributed by atoms with E-state index in [9.17, 15) is 4.79 Å². The smallest absolute Gasteiger partial charge is 0.239 e. The van der Waals surface area contributed by atoms with Crippen LogP contribution in [0, 0.1) is 5.92 Å². The molecule has 1 aromatic rings. The van der Waals surface area contributed by atoms with E-state index in [1.165, 1.54) is 0 Å². The first-order valence-corrected chi connectivity index (χ1v) is 6.78. The molecule has 20 heavy (non-hydrogen) atoms. The molecule has 0 radical (unpaired) electrons. The van der Waals surface area contributed by atoms with Crippen LogP contribution in [0.15, 0.2) is 30.3 Å². The number of rotatable bonds is 5. The topological polar surface area (TPSA) is 55.6 Å². The third-order valence-electron chi connectivity index (χ3n) is 3.62. The lowest BCUT2D eigenvalue weighted by atomic mass is 10.1. The first-order valence-electron chi connectivity index (χ1n) is 6.78. The Morgan fingerprint density at radius 1 is 1.45 bits per heavy atom. The first-order chi connectivity index (χ1) is 9.20. The molecule has 1 fully saturated rings. The molecule has 112 valence electrons. The van der Waals surface area contributed by atoms with Gasteiger partial charge in [-0.2, -0.15) is 0 Å². The van der Waals surface area contributed by atoms with Gasteiger partial charge in [0.25, 0.3) is 0 Å². The Hall–Kier alpha value is -1.10. The molecule has 4 nitrogen and oxygen atoms in total. The quantitative estimate of drug-likeness (QED) is 0.896. The number of nitrogens with zero attached hydrogens (tertiary/aromatic N) is 1. The minimum absolute atomic E-state index is 0. The summed E-state index contributed by atoms with van der Waals surface area (Å²) < 4.78 is 5.14. The molecular formula is C15H23ClN2O2. The van der Waals surface area contributed by atoms with Crippen LogP contribution in [0.1, 0.15) is 12.0 Å². The van der Waals surface area contributed by atoms with Crippen molar-refractivity contribution in [1.82, 2.24) is 4.90 Å². The minimum Gasteiger partial charge on any atom is -0.384 e. The number of likely N-dealkylation sites (tertiary alicyclic amines) is 1. The van der Waals surface area contributed by atoms with Crippen molar-refractivity contribution in [3.05, 3.63) is 35.9 Å². The highest BCUT2D eigenvalue weighted by Gasteiger charge is 2.29. The average Bonchev–Trinajstić information content (AvgIpc) is 2.88. The number of hydrogen-bond acceptors (Lipinski definition) is 3. The van der Waals surface area contributed by atoms with Crippen molar-refractivity contribution >= 4 is 18.3 Å². The van der Waals surface area contributed by atoms with Gasteiger partial charge in [0.2, 0.25) is 5.91 Å². The van der Waals surface area contributed by atoms with Crippen molar-refractivity contribution in [2.75, 3.05) is 26.8 Å². The molecule has 2 N–H and O–H groups in total. The fourth-order valence-electron chi connectivity index (χ4n) is 2.59. The minimum atomic E-state index is -0.441. The summed E-state index contributed by atoms with van der Waals surface area (Å²) in [6.45, 7) is 2.29. The van der Waals surface area contributed by atoms with Gasteiger partial charge in [-0.25, -0.2) is 0 Å². The maximum absolute atomic E-state index is 12.3. The summed E-state index contributed by atoms with van der Waals surface area (Å²) in [4.78, 5) is 14.1. The van der Waals surface area contributed by atoms with E-state index in [2.05, 4.69) is 0 Å². The summed E-state index contributed by atoms with van der Waals surface area (Å²) in [5, 5.41) is 0. The Morgan fingerprint density at radius 3 is 2.80 bits per heavy atom. The maximum Gasteiger partial charge on any atom is 0.239 e. The highest BCUT2D eigenvalue weighted by molar-refractivity contribution is 5.85. The van der Waals surface area contributed by atoms with Crippen LogP contribution < -0.4 is 5.73 Å². The van der Waals surface area contributed by atoms with E-state index < -0.39 is 6.04 Å². The Bertz CT molecular complexity index is 414. The van der Waals surface area contributed by atoms with Crippen LogP contribution in [0.2, 0.25) is 0 Å². The van der Waals surface area contributed by atoms with E-state index in [0.29, 0.717) is 12.3 Å². The van der Waals surface area contributed by atoms with Crippen molar-refractivity contribution in [1.29, 1.82) is 0 Å². The lowest BCUT2D eigenvalue weighted by Gasteiger charge is -2.21. The van der Waals surface area contributed by atoms with E-state index >= 15 is 0 Å². The largest absolute Gasteiger partial charge is 0.384 e. The van der Waals surface area contributed by atoms with Gasteiger partial charge in [-0.1, -0.05) is 30.3 Å². The van der Waals surface area contributed by atoms with Gasteiger partial charge >= 0.3 is 0 Å². The number of carbonyl (C=O) groups excluding carboxylic acids is 1. The van der Waals surface area contributed by atoms with Crippen LogP contribution >= 0.6 is 12.4 Å². The van der Waals surface area contributed by atoms with Crippen molar-refractivity contribution in [3.8, 4) is 0 Å². The number of halogens is 1. The number of amides is 1. The number of carbonyl (C=O) groups is 1. The molecule has 0 spiro atoms. The number of hydrogen-bond donors (Lipinski definition) is 1. The average molecular weight is 299 g/mol. The molecule has 0 saturated carbocycles. The fraction of sp³-hybridized carbons (Fsp3) is 0.533. The fourth-order valence-corrected chi connectivity index (χ4v) is 2.59. The molecule has 0 bridgehead atoms. The van der Waals surface area contributed by atoms with Crippen LogP contribution in [-0.4, -0.2) is 43.7 Å². The van der Waals surface area contributed by atoms with Crippen molar-refractivity contribution < 1.29 is 9.53 Å². The Labute approximate surface area is 126 Å².